The number of unbranched alkanes of at least 4 members (excludes halogenated alkanes) is 5. The quantitative estimate of drug-likeness (QED) is 0.0955. The molecule has 0 aliphatic rings. The second-order valence-electron chi connectivity index (χ2n) is 12.0. The Balaban J connectivity index is 0.000000291. The highest BCUT2D eigenvalue weighted by molar-refractivity contribution is 7.11. The molecular formula is C39H48BN. The normalized spacial score (nSPS) is 11.2. The largest absolute Gasteiger partial charge is 0.212 e. The van der Waals surface area contributed by atoms with E-state index in [-0.39, 0.29) is 0 Å². The molecule has 0 aliphatic heterocycles. The van der Waals surface area contributed by atoms with Gasteiger partial charge >= 0.3 is 0 Å². The summed E-state index contributed by atoms with van der Waals surface area (Å²) in [4.78, 5) is 0. The highest BCUT2D eigenvalue weighted by Gasteiger charge is 2.29. The molecule has 5 rings (SSSR count). The van der Waals surface area contributed by atoms with Crippen molar-refractivity contribution in [3.63, 3.8) is 0 Å². The molecule has 0 unspecified atom stereocenters. The molecule has 0 N–H and O–H groups in total. The lowest BCUT2D eigenvalue weighted by atomic mass is 9.14. The van der Waals surface area contributed by atoms with E-state index in [1.165, 1.54) is 88.8 Å². The molecule has 1 heterocycles. The summed E-state index contributed by atoms with van der Waals surface area (Å²) in [5.41, 5.74) is 9.68. The first-order valence-electron chi connectivity index (χ1n) is 15.7. The Labute approximate surface area is 249 Å². The molecule has 2 heteroatoms. The molecule has 0 atom stereocenters. The van der Waals surface area contributed by atoms with Gasteiger partial charge in [0.2, 0.25) is 5.52 Å². The van der Waals surface area contributed by atoms with E-state index in [0.717, 1.165) is 0 Å². The minimum Gasteiger partial charge on any atom is -0.201 e. The Morgan fingerprint density at radius 3 is 1.44 bits per heavy atom. The predicted molar refractivity (Wildman–Crippen MR) is 181 cm³/mol. The number of nitrogens with zero attached hydrogens (tertiary/aromatic N) is 1. The van der Waals surface area contributed by atoms with Crippen LogP contribution in [0.25, 0.3) is 10.9 Å². The zero-order valence-electron chi connectivity index (χ0n) is 25.9. The lowest BCUT2D eigenvalue weighted by Gasteiger charge is -2.43. The van der Waals surface area contributed by atoms with Crippen molar-refractivity contribution >= 4 is 33.4 Å². The summed E-state index contributed by atoms with van der Waals surface area (Å²) in [5, 5.41) is 1.29. The first kappa shape index (κ1) is 30.3. The topological polar surface area (TPSA) is 3.88 Å². The zero-order valence-corrected chi connectivity index (χ0v) is 25.9. The highest BCUT2D eigenvalue weighted by atomic mass is 14.9. The fourth-order valence-electron chi connectivity index (χ4n) is 6.30. The van der Waals surface area contributed by atoms with Crippen molar-refractivity contribution in [3.05, 3.63) is 132 Å². The molecule has 0 saturated carbocycles. The van der Waals surface area contributed by atoms with Crippen LogP contribution < -0.4 is 21.0 Å². The van der Waals surface area contributed by atoms with Crippen molar-refractivity contribution in [3.8, 4) is 0 Å². The second-order valence-corrected chi connectivity index (χ2v) is 12.0. The average molecular weight is 542 g/mol. The van der Waals surface area contributed by atoms with Gasteiger partial charge in [0.25, 0.3) is 0 Å². The van der Waals surface area contributed by atoms with Crippen molar-refractivity contribution < 1.29 is 4.57 Å². The van der Waals surface area contributed by atoms with Crippen LogP contribution in [-0.2, 0) is 7.05 Å². The minimum absolute atomic E-state index is 0.981. The van der Waals surface area contributed by atoms with E-state index in [1.807, 2.05) is 0 Å². The van der Waals surface area contributed by atoms with Crippen LogP contribution >= 0.6 is 0 Å². The molecule has 0 saturated heterocycles. The van der Waals surface area contributed by atoms with Gasteiger partial charge in [0.05, 0.1) is 6.15 Å². The first-order chi connectivity index (χ1) is 19.9. The van der Waals surface area contributed by atoms with Crippen LogP contribution in [0, 0.1) is 20.8 Å². The van der Waals surface area contributed by atoms with E-state index < -0.39 is 6.15 Å². The van der Waals surface area contributed by atoms with Crippen LogP contribution in [0.1, 0.15) is 62.1 Å². The van der Waals surface area contributed by atoms with Gasteiger partial charge in [-0.05, 0) is 32.9 Å². The van der Waals surface area contributed by atoms with Gasteiger partial charge in [0, 0.05) is 17.5 Å². The Morgan fingerprint density at radius 2 is 0.951 bits per heavy atom. The third-order valence-corrected chi connectivity index (χ3v) is 8.83. The monoisotopic (exact) mass is 541 g/mol. The highest BCUT2D eigenvalue weighted by Crippen LogP contribution is 2.19. The van der Waals surface area contributed by atoms with Crippen LogP contribution in [0.5, 0.6) is 0 Å². The predicted octanol–water partition coefficient (Wildman–Crippen LogP) is 8.11. The number of hydrogen-bond donors (Lipinski definition) is 0. The lowest BCUT2D eigenvalue weighted by molar-refractivity contribution is -0.644. The Bertz CT molecular complexity index is 1370. The molecule has 0 fully saturated rings. The number of hydrogen-bond acceptors (Lipinski definition) is 0. The molecule has 0 amide bonds. The Morgan fingerprint density at radius 1 is 0.512 bits per heavy atom. The molecule has 0 radical (unpaired) electrons. The van der Waals surface area contributed by atoms with Gasteiger partial charge in [-0.25, -0.2) is 4.57 Å². The molecule has 212 valence electrons. The molecular weight excluding hydrogens is 493 g/mol. The standard InChI is InChI=1S/C29H38B.C10H10N/c1-5-6-7-8-9-10-23-30(27-17-11-24(2)12-18-27,28-19-13-25(3)14-20-28)29-21-15-26(4)16-22-29;1-11-8-4-6-9-5-2-3-7-10(9)11/h11-22H,5-10,23H2,1-4H3;2-8H,1H3/q-1;+1. The number of fused-ring (bicyclic) bond motifs is 1. The fourth-order valence-corrected chi connectivity index (χ4v) is 6.30. The SMILES string of the molecule is CCCCCCCC[B-](c1ccc(C)cc1)(c1ccc(C)cc1)c1ccc(C)cc1.C[n+]1cccc2ccccc21. The number of pyridine rings is 1. The summed E-state index contributed by atoms with van der Waals surface area (Å²) in [6, 6.07) is 40.5. The lowest BCUT2D eigenvalue weighted by Crippen LogP contribution is -2.67. The van der Waals surface area contributed by atoms with E-state index >= 15 is 0 Å². The zero-order chi connectivity index (χ0) is 29.1. The molecule has 1 nitrogen and oxygen atoms in total. The third-order valence-electron chi connectivity index (χ3n) is 8.83. The molecule has 41 heavy (non-hydrogen) atoms. The summed E-state index contributed by atoms with van der Waals surface area (Å²) >= 11 is 0. The Kier molecular flexibility index (Phi) is 11.0. The molecule has 5 aromatic rings. The van der Waals surface area contributed by atoms with Crippen LogP contribution in [-0.4, -0.2) is 6.15 Å². The smallest absolute Gasteiger partial charge is 0.201 e. The van der Waals surface area contributed by atoms with E-state index in [0.29, 0.717) is 0 Å². The van der Waals surface area contributed by atoms with Gasteiger partial charge < -0.3 is 0 Å². The van der Waals surface area contributed by atoms with Crippen molar-refractivity contribution in [2.24, 2.45) is 7.05 Å². The number of rotatable bonds is 10. The third kappa shape index (κ3) is 7.76. The molecule has 1 aromatic heterocycles. The Hall–Kier alpha value is -3.65. The molecule has 4 aromatic carbocycles. The van der Waals surface area contributed by atoms with Crippen molar-refractivity contribution in [2.75, 3.05) is 0 Å². The number of aromatic nitrogens is 1. The van der Waals surface area contributed by atoms with Crippen LogP contribution in [0.2, 0.25) is 6.32 Å². The van der Waals surface area contributed by atoms with Gasteiger partial charge in [-0.15, -0.1) is 0 Å². The fraction of sp³-hybridized carbons (Fsp3) is 0.308. The first-order valence-corrected chi connectivity index (χ1v) is 15.7. The van der Waals surface area contributed by atoms with Crippen molar-refractivity contribution in [2.45, 2.75) is 72.5 Å². The summed E-state index contributed by atoms with van der Waals surface area (Å²) in [6.45, 7) is 8.85. The molecule has 0 spiro atoms. The van der Waals surface area contributed by atoms with Gasteiger partial charge in [-0.2, -0.15) is 22.7 Å². The van der Waals surface area contributed by atoms with Crippen molar-refractivity contribution in [1.29, 1.82) is 0 Å². The number of benzene rings is 4. The van der Waals surface area contributed by atoms with E-state index in [4.69, 9.17) is 0 Å². The van der Waals surface area contributed by atoms with Gasteiger partial charge in [-0.1, -0.05) is 147 Å². The van der Waals surface area contributed by atoms with E-state index in [9.17, 15) is 0 Å². The number of para-hydroxylation sites is 1. The summed E-state index contributed by atoms with van der Waals surface area (Å²) in [6.07, 6.45) is 10.3. The van der Waals surface area contributed by atoms with Gasteiger partial charge in [0.15, 0.2) is 6.20 Å². The van der Waals surface area contributed by atoms with Crippen LogP contribution in [0.4, 0.5) is 0 Å². The van der Waals surface area contributed by atoms with Crippen molar-refractivity contribution in [1.82, 2.24) is 0 Å². The number of aryl methyl sites for hydroxylation is 4. The maximum Gasteiger partial charge on any atom is 0.212 e. The summed E-state index contributed by atoms with van der Waals surface area (Å²) in [5.74, 6) is 0. The minimum atomic E-state index is -0.981. The summed E-state index contributed by atoms with van der Waals surface area (Å²) in [7, 11) is 2.06. The van der Waals surface area contributed by atoms with Gasteiger partial charge in [-0.3, -0.25) is 0 Å². The van der Waals surface area contributed by atoms with Crippen LogP contribution in [0.3, 0.4) is 0 Å². The maximum absolute atomic E-state index is 2.38. The maximum atomic E-state index is 2.38. The van der Waals surface area contributed by atoms with Crippen LogP contribution in [0.15, 0.2) is 115 Å². The molecule has 0 aliphatic carbocycles. The van der Waals surface area contributed by atoms with E-state index in [2.05, 4.69) is 155 Å². The molecule has 0 bridgehead atoms. The van der Waals surface area contributed by atoms with Gasteiger partial charge in [0.1, 0.15) is 7.05 Å². The summed E-state index contributed by atoms with van der Waals surface area (Å²) < 4.78 is 2.12. The van der Waals surface area contributed by atoms with E-state index in [1.54, 1.807) is 0 Å². The second kappa shape index (κ2) is 14.8. The average Bonchev–Trinajstić information content (AvgIpc) is 2.99.